The van der Waals surface area contributed by atoms with Crippen molar-refractivity contribution < 1.29 is 5.11 Å². The first kappa shape index (κ1) is 14.6. The normalized spacial score (nSPS) is 25.1. The molecule has 106 valence electrons. The quantitative estimate of drug-likeness (QED) is 0.896. The summed E-state index contributed by atoms with van der Waals surface area (Å²) in [7, 11) is 2.02. The fraction of sp³-hybridized carbons (Fsp3) is 0.600. The maximum Gasteiger partial charge on any atom is 0.0743 e. The lowest BCUT2D eigenvalue weighted by atomic mass is 9.91. The first-order chi connectivity index (χ1) is 9.00. The molecule has 1 aromatic rings. The van der Waals surface area contributed by atoms with E-state index in [0.717, 1.165) is 30.5 Å². The number of hydrogen-bond acceptors (Lipinski definition) is 3. The number of benzene rings is 1. The largest absolute Gasteiger partial charge is 0.391 e. The molecule has 0 heterocycles. The van der Waals surface area contributed by atoms with Crippen molar-refractivity contribution in [1.29, 1.82) is 0 Å². The molecular formula is C15H23ClN2O. The molecule has 0 aliphatic heterocycles. The number of aliphatic hydroxyl groups is 1. The number of rotatable bonds is 3. The van der Waals surface area contributed by atoms with Crippen LogP contribution in [0.4, 0.5) is 5.69 Å². The van der Waals surface area contributed by atoms with Crippen LogP contribution in [-0.4, -0.2) is 24.3 Å². The summed E-state index contributed by atoms with van der Waals surface area (Å²) in [5.41, 5.74) is 7.87. The number of hydrogen-bond donors (Lipinski definition) is 2. The van der Waals surface area contributed by atoms with Crippen LogP contribution >= 0.6 is 11.6 Å². The van der Waals surface area contributed by atoms with E-state index in [1.165, 1.54) is 6.42 Å². The highest BCUT2D eigenvalue weighted by molar-refractivity contribution is 6.31. The topological polar surface area (TPSA) is 49.5 Å². The van der Waals surface area contributed by atoms with Crippen molar-refractivity contribution in [2.75, 3.05) is 11.9 Å². The van der Waals surface area contributed by atoms with Gasteiger partial charge < -0.3 is 15.7 Å². The van der Waals surface area contributed by atoms with Crippen LogP contribution in [0, 0.1) is 0 Å². The minimum atomic E-state index is -0.245. The summed E-state index contributed by atoms with van der Waals surface area (Å²) in [6.45, 7) is 1.93. The number of nitrogens with zero attached hydrogens (tertiary/aromatic N) is 1. The summed E-state index contributed by atoms with van der Waals surface area (Å²) in [6.07, 6.45) is 3.98. The third-order valence-electron chi connectivity index (χ3n) is 4.07. The average molecular weight is 283 g/mol. The molecule has 1 aliphatic carbocycles. The molecule has 0 bridgehead atoms. The van der Waals surface area contributed by atoms with Crippen molar-refractivity contribution >= 4 is 17.3 Å². The third kappa shape index (κ3) is 3.22. The van der Waals surface area contributed by atoms with Crippen LogP contribution in [0.2, 0.25) is 5.02 Å². The zero-order valence-corrected chi connectivity index (χ0v) is 12.4. The predicted molar refractivity (Wildman–Crippen MR) is 80.7 cm³/mol. The fourth-order valence-corrected chi connectivity index (χ4v) is 3.19. The maximum absolute atomic E-state index is 10.1. The molecule has 3 N–H and O–H groups in total. The first-order valence-corrected chi connectivity index (χ1v) is 7.34. The summed E-state index contributed by atoms with van der Waals surface area (Å²) in [4.78, 5) is 2.14. The zero-order chi connectivity index (χ0) is 14.0. The van der Waals surface area contributed by atoms with Crippen LogP contribution in [0.15, 0.2) is 18.2 Å². The van der Waals surface area contributed by atoms with Crippen molar-refractivity contribution in [1.82, 2.24) is 0 Å². The molecule has 0 radical (unpaired) electrons. The van der Waals surface area contributed by atoms with Gasteiger partial charge in [0.05, 0.1) is 12.1 Å². The minimum Gasteiger partial charge on any atom is -0.391 e. The Morgan fingerprint density at radius 2 is 2.05 bits per heavy atom. The predicted octanol–water partition coefficient (Wildman–Crippen LogP) is 3.10. The Labute approximate surface area is 120 Å². The van der Waals surface area contributed by atoms with Crippen LogP contribution in [0.5, 0.6) is 0 Å². The summed E-state index contributed by atoms with van der Waals surface area (Å²) >= 11 is 6.27. The number of halogens is 1. The van der Waals surface area contributed by atoms with Gasteiger partial charge in [0.15, 0.2) is 0 Å². The Morgan fingerprint density at radius 3 is 2.63 bits per heavy atom. The van der Waals surface area contributed by atoms with Crippen LogP contribution < -0.4 is 10.6 Å². The summed E-state index contributed by atoms with van der Waals surface area (Å²) in [6, 6.07) is 6.08. The van der Waals surface area contributed by atoms with Crippen molar-refractivity contribution in [2.45, 2.75) is 50.8 Å². The van der Waals surface area contributed by atoms with Gasteiger partial charge in [0.25, 0.3) is 0 Å². The zero-order valence-electron chi connectivity index (χ0n) is 11.6. The van der Waals surface area contributed by atoms with Gasteiger partial charge in [-0.05, 0) is 37.5 Å². The van der Waals surface area contributed by atoms with E-state index in [1.54, 1.807) is 0 Å². The van der Waals surface area contributed by atoms with E-state index in [2.05, 4.69) is 4.90 Å². The molecule has 0 saturated heterocycles. The molecule has 4 heteroatoms. The van der Waals surface area contributed by atoms with Gasteiger partial charge in [-0.2, -0.15) is 0 Å². The van der Waals surface area contributed by atoms with Gasteiger partial charge in [-0.25, -0.2) is 0 Å². The van der Waals surface area contributed by atoms with Gasteiger partial charge in [-0.1, -0.05) is 30.5 Å². The van der Waals surface area contributed by atoms with Crippen molar-refractivity contribution in [3.63, 3.8) is 0 Å². The smallest absolute Gasteiger partial charge is 0.0743 e. The lowest BCUT2D eigenvalue weighted by Gasteiger charge is -2.36. The Bertz CT molecular complexity index is 436. The van der Waals surface area contributed by atoms with Crippen molar-refractivity contribution in [3.8, 4) is 0 Å². The summed E-state index contributed by atoms with van der Waals surface area (Å²) < 4.78 is 0. The Kier molecular flexibility index (Phi) is 4.71. The molecule has 19 heavy (non-hydrogen) atoms. The molecule has 3 atom stereocenters. The standard InChI is InChI=1S/C15H23ClN2O/c1-10(17)12-8-7-11(9-13(12)16)18(2)14-5-3-4-6-15(14)19/h7-10,14-15,19H,3-6,17H2,1-2H3. The lowest BCUT2D eigenvalue weighted by Crippen LogP contribution is -2.43. The van der Waals surface area contributed by atoms with E-state index in [4.69, 9.17) is 17.3 Å². The highest BCUT2D eigenvalue weighted by Crippen LogP contribution is 2.30. The Balaban J connectivity index is 2.19. The fourth-order valence-electron chi connectivity index (χ4n) is 2.84. The van der Waals surface area contributed by atoms with Crippen molar-refractivity contribution in [3.05, 3.63) is 28.8 Å². The van der Waals surface area contributed by atoms with Crippen LogP contribution in [0.25, 0.3) is 0 Å². The molecule has 1 saturated carbocycles. The first-order valence-electron chi connectivity index (χ1n) is 6.96. The maximum atomic E-state index is 10.1. The van der Waals surface area contributed by atoms with E-state index in [-0.39, 0.29) is 18.2 Å². The van der Waals surface area contributed by atoms with E-state index >= 15 is 0 Å². The van der Waals surface area contributed by atoms with E-state index in [1.807, 2.05) is 32.2 Å². The number of likely N-dealkylation sites (N-methyl/N-ethyl adjacent to an activating group) is 1. The van der Waals surface area contributed by atoms with E-state index < -0.39 is 0 Å². The molecule has 0 spiro atoms. The van der Waals surface area contributed by atoms with Gasteiger partial charge in [-0.3, -0.25) is 0 Å². The highest BCUT2D eigenvalue weighted by Gasteiger charge is 2.27. The van der Waals surface area contributed by atoms with Gasteiger partial charge in [0, 0.05) is 23.8 Å². The number of nitrogens with two attached hydrogens (primary N) is 1. The summed E-state index contributed by atoms with van der Waals surface area (Å²) in [5.74, 6) is 0. The van der Waals surface area contributed by atoms with E-state index in [9.17, 15) is 5.11 Å². The Hall–Kier alpha value is -0.770. The molecule has 3 unspecified atom stereocenters. The number of aliphatic hydroxyl groups excluding tert-OH is 1. The molecule has 1 fully saturated rings. The SMILES string of the molecule is CC(N)c1ccc(N(C)C2CCCCC2O)cc1Cl. The van der Waals surface area contributed by atoms with Crippen LogP contribution in [0.3, 0.4) is 0 Å². The second kappa shape index (κ2) is 6.12. The monoisotopic (exact) mass is 282 g/mol. The molecular weight excluding hydrogens is 260 g/mol. The molecule has 0 amide bonds. The van der Waals surface area contributed by atoms with Gasteiger partial charge >= 0.3 is 0 Å². The minimum absolute atomic E-state index is 0.0628. The highest BCUT2D eigenvalue weighted by atomic mass is 35.5. The molecule has 1 aromatic carbocycles. The average Bonchev–Trinajstić information content (AvgIpc) is 2.38. The molecule has 3 nitrogen and oxygen atoms in total. The third-order valence-corrected chi connectivity index (χ3v) is 4.40. The van der Waals surface area contributed by atoms with Crippen LogP contribution in [0.1, 0.15) is 44.2 Å². The van der Waals surface area contributed by atoms with Gasteiger partial charge in [-0.15, -0.1) is 0 Å². The van der Waals surface area contributed by atoms with Gasteiger partial charge in [0.1, 0.15) is 0 Å². The summed E-state index contributed by atoms with van der Waals surface area (Å²) in [5, 5.41) is 10.8. The Morgan fingerprint density at radius 1 is 1.37 bits per heavy atom. The van der Waals surface area contributed by atoms with E-state index in [0.29, 0.717) is 5.02 Å². The lowest BCUT2D eigenvalue weighted by molar-refractivity contribution is 0.106. The molecule has 2 rings (SSSR count). The molecule has 1 aliphatic rings. The second-order valence-corrected chi connectivity index (χ2v) is 5.93. The number of anilines is 1. The second-order valence-electron chi connectivity index (χ2n) is 5.52. The molecule has 0 aromatic heterocycles. The van der Waals surface area contributed by atoms with Crippen LogP contribution in [-0.2, 0) is 0 Å². The van der Waals surface area contributed by atoms with Crippen molar-refractivity contribution in [2.24, 2.45) is 5.73 Å². The van der Waals surface area contributed by atoms with Gasteiger partial charge in [0.2, 0.25) is 0 Å².